The van der Waals surface area contributed by atoms with Gasteiger partial charge in [0.15, 0.2) is 0 Å². The van der Waals surface area contributed by atoms with Crippen LogP contribution in [-0.2, 0) is 6.42 Å². The maximum Gasteiger partial charge on any atom is 0.0417 e. The Morgan fingerprint density at radius 3 is 2.84 bits per heavy atom. The normalized spacial score (nSPS) is 17.4. The minimum absolute atomic E-state index is 0.749. The lowest BCUT2D eigenvalue weighted by atomic mass is 9.98. The van der Waals surface area contributed by atoms with Gasteiger partial charge in [-0.05, 0) is 73.5 Å². The average molecular weight is 419 g/mol. The molecule has 0 saturated carbocycles. The molecule has 1 N–H and O–H groups in total. The van der Waals surface area contributed by atoms with Gasteiger partial charge in [-0.3, -0.25) is 0 Å². The second-order valence-electron chi connectivity index (χ2n) is 6.85. The predicted molar refractivity (Wildman–Crippen MR) is 113 cm³/mol. The van der Waals surface area contributed by atoms with Crippen LogP contribution in [0.3, 0.4) is 0 Å². The van der Waals surface area contributed by atoms with E-state index in [1.54, 1.807) is 0 Å². The fraction of sp³-hybridized carbons (Fsp3) is 0.364. The van der Waals surface area contributed by atoms with Crippen molar-refractivity contribution in [3.63, 3.8) is 0 Å². The highest BCUT2D eigenvalue weighted by molar-refractivity contribution is 9.10. The van der Waals surface area contributed by atoms with Crippen molar-refractivity contribution in [1.29, 1.82) is 0 Å². The Kier molecular flexibility index (Phi) is 7.15. The fourth-order valence-corrected chi connectivity index (χ4v) is 4.21. The monoisotopic (exact) mass is 417 g/mol. The molecule has 0 spiro atoms. The molecule has 0 aromatic heterocycles. The number of hydrogen-bond donors (Lipinski definition) is 1. The Balaban J connectivity index is 1.52. The highest BCUT2D eigenvalue weighted by atomic mass is 79.9. The van der Waals surface area contributed by atoms with E-state index < -0.39 is 0 Å². The lowest BCUT2D eigenvalue weighted by Gasteiger charge is -2.08. The molecule has 0 bridgehead atoms. The van der Waals surface area contributed by atoms with Crippen LogP contribution in [0.1, 0.15) is 42.4 Å². The van der Waals surface area contributed by atoms with E-state index in [4.69, 9.17) is 11.6 Å². The molecule has 1 aliphatic heterocycles. The highest BCUT2D eigenvalue weighted by Gasteiger charge is 2.13. The van der Waals surface area contributed by atoms with E-state index in [0.717, 1.165) is 21.0 Å². The Labute approximate surface area is 164 Å². The molecule has 1 saturated heterocycles. The van der Waals surface area contributed by atoms with Gasteiger partial charge in [-0.15, -0.1) is 0 Å². The minimum atomic E-state index is 0.749. The van der Waals surface area contributed by atoms with Gasteiger partial charge in [0.25, 0.3) is 0 Å². The average Bonchev–Trinajstić information content (AvgIpc) is 3.12. The Morgan fingerprint density at radius 1 is 1.12 bits per heavy atom. The van der Waals surface area contributed by atoms with Crippen molar-refractivity contribution in [3.05, 3.63) is 68.7 Å². The van der Waals surface area contributed by atoms with Gasteiger partial charge in [0.1, 0.15) is 0 Å². The third-order valence-corrected chi connectivity index (χ3v) is 5.78. The van der Waals surface area contributed by atoms with Gasteiger partial charge in [0, 0.05) is 9.50 Å². The number of benzene rings is 2. The molecule has 0 radical (unpaired) electrons. The summed E-state index contributed by atoms with van der Waals surface area (Å²) in [6, 6.07) is 14.7. The van der Waals surface area contributed by atoms with Crippen LogP contribution in [0.15, 0.2) is 46.9 Å². The van der Waals surface area contributed by atoms with E-state index in [1.165, 1.54) is 56.3 Å². The lowest BCUT2D eigenvalue weighted by molar-refractivity contribution is 0.497. The van der Waals surface area contributed by atoms with E-state index in [2.05, 4.69) is 57.7 Å². The van der Waals surface area contributed by atoms with Gasteiger partial charge >= 0.3 is 0 Å². The topological polar surface area (TPSA) is 12.0 Å². The standard InChI is InChI=1S/C22H25BrClN/c23-22-15-21(24)11-10-20(22)9-8-18-7-3-6-17(14-18)4-1-2-5-19-12-13-25-16-19/h3,6-11,14-15,19,25H,1-2,4-5,12-13,16H2/b9-8+. The first-order chi connectivity index (χ1) is 12.2. The molecule has 132 valence electrons. The molecule has 2 aromatic rings. The zero-order valence-electron chi connectivity index (χ0n) is 14.5. The summed E-state index contributed by atoms with van der Waals surface area (Å²) in [7, 11) is 0. The van der Waals surface area contributed by atoms with E-state index in [9.17, 15) is 0 Å². The summed E-state index contributed by atoms with van der Waals surface area (Å²) < 4.78 is 1.02. The third kappa shape index (κ3) is 5.99. The van der Waals surface area contributed by atoms with Gasteiger partial charge in [-0.1, -0.05) is 76.4 Å². The lowest BCUT2D eigenvalue weighted by Crippen LogP contribution is -2.08. The van der Waals surface area contributed by atoms with E-state index in [0.29, 0.717) is 0 Å². The van der Waals surface area contributed by atoms with Gasteiger partial charge in [0.2, 0.25) is 0 Å². The molecule has 0 amide bonds. The van der Waals surface area contributed by atoms with Crippen LogP contribution in [0, 0.1) is 5.92 Å². The molecule has 1 fully saturated rings. The van der Waals surface area contributed by atoms with Crippen LogP contribution in [0.25, 0.3) is 12.2 Å². The predicted octanol–water partition coefficient (Wildman–Crippen LogP) is 6.60. The number of halogens is 2. The van der Waals surface area contributed by atoms with Crippen molar-refractivity contribution in [3.8, 4) is 0 Å². The van der Waals surface area contributed by atoms with Crippen molar-refractivity contribution < 1.29 is 0 Å². The van der Waals surface area contributed by atoms with Gasteiger partial charge < -0.3 is 5.32 Å². The maximum atomic E-state index is 6.00. The summed E-state index contributed by atoms with van der Waals surface area (Å²) in [6.07, 6.45) is 10.8. The number of aryl methyl sites for hydroxylation is 1. The van der Waals surface area contributed by atoms with Crippen LogP contribution in [-0.4, -0.2) is 13.1 Å². The van der Waals surface area contributed by atoms with Crippen LogP contribution >= 0.6 is 27.5 Å². The van der Waals surface area contributed by atoms with E-state index in [1.807, 2.05) is 18.2 Å². The zero-order valence-corrected chi connectivity index (χ0v) is 16.8. The molecule has 3 heteroatoms. The summed E-state index contributed by atoms with van der Waals surface area (Å²) in [4.78, 5) is 0. The highest BCUT2D eigenvalue weighted by Crippen LogP contribution is 2.24. The fourth-order valence-electron chi connectivity index (χ4n) is 3.40. The molecule has 1 heterocycles. The SMILES string of the molecule is Clc1ccc(/C=C/c2cccc(CCCCC3CCNC3)c2)c(Br)c1. The Hall–Kier alpha value is -1.09. The summed E-state index contributed by atoms with van der Waals surface area (Å²) in [6.45, 7) is 2.43. The molecule has 3 rings (SSSR count). The summed E-state index contributed by atoms with van der Waals surface area (Å²) in [5, 5.41) is 4.20. The van der Waals surface area contributed by atoms with Gasteiger partial charge in [-0.2, -0.15) is 0 Å². The quantitative estimate of drug-likeness (QED) is 0.395. The third-order valence-electron chi connectivity index (χ3n) is 4.86. The van der Waals surface area contributed by atoms with Crippen LogP contribution in [0.2, 0.25) is 5.02 Å². The number of unbranched alkanes of at least 4 members (excludes halogenated alkanes) is 1. The van der Waals surface area contributed by atoms with Crippen molar-refractivity contribution >= 4 is 39.7 Å². The molecule has 1 aliphatic rings. The second kappa shape index (κ2) is 9.56. The Bertz CT molecular complexity index is 720. The van der Waals surface area contributed by atoms with Crippen LogP contribution in [0.5, 0.6) is 0 Å². The Morgan fingerprint density at radius 2 is 2.04 bits per heavy atom. The summed E-state index contributed by atoms with van der Waals surface area (Å²) >= 11 is 9.56. The minimum Gasteiger partial charge on any atom is -0.316 e. The van der Waals surface area contributed by atoms with Crippen molar-refractivity contribution in [2.75, 3.05) is 13.1 Å². The molecule has 0 aliphatic carbocycles. The van der Waals surface area contributed by atoms with E-state index in [-0.39, 0.29) is 0 Å². The first-order valence-corrected chi connectivity index (χ1v) is 10.3. The molecule has 2 aromatic carbocycles. The van der Waals surface area contributed by atoms with E-state index >= 15 is 0 Å². The summed E-state index contributed by atoms with van der Waals surface area (Å²) in [5.41, 5.74) is 3.82. The first kappa shape index (κ1) is 18.7. The number of rotatable bonds is 7. The second-order valence-corrected chi connectivity index (χ2v) is 8.14. The summed E-state index contributed by atoms with van der Waals surface area (Å²) in [5.74, 6) is 0.909. The molecule has 1 unspecified atom stereocenters. The smallest absolute Gasteiger partial charge is 0.0417 e. The number of nitrogens with one attached hydrogen (secondary N) is 1. The maximum absolute atomic E-state index is 6.00. The van der Waals surface area contributed by atoms with Gasteiger partial charge in [0.05, 0.1) is 0 Å². The molecular weight excluding hydrogens is 394 g/mol. The largest absolute Gasteiger partial charge is 0.316 e. The molecule has 1 nitrogen and oxygen atoms in total. The van der Waals surface area contributed by atoms with Crippen molar-refractivity contribution in [2.24, 2.45) is 5.92 Å². The van der Waals surface area contributed by atoms with Crippen molar-refractivity contribution in [1.82, 2.24) is 5.32 Å². The molecule has 25 heavy (non-hydrogen) atoms. The molecular formula is C22H25BrClN. The van der Waals surface area contributed by atoms with Gasteiger partial charge in [-0.25, -0.2) is 0 Å². The zero-order chi connectivity index (χ0) is 17.5. The molecule has 1 atom stereocenters. The van der Waals surface area contributed by atoms with Crippen LogP contribution < -0.4 is 5.32 Å². The number of hydrogen-bond acceptors (Lipinski definition) is 1. The van der Waals surface area contributed by atoms with Crippen molar-refractivity contribution in [2.45, 2.75) is 32.1 Å². The first-order valence-electron chi connectivity index (χ1n) is 9.13. The van der Waals surface area contributed by atoms with Crippen LogP contribution in [0.4, 0.5) is 0 Å².